The van der Waals surface area contributed by atoms with Crippen molar-refractivity contribution in [3.05, 3.63) is 65.7 Å². The molecule has 27 heavy (non-hydrogen) atoms. The Kier molecular flexibility index (Phi) is 8.10. The number of morpholine rings is 1. The molecular formula is C21H27ClN2O3. The molecule has 3 rings (SSSR count). The Morgan fingerprint density at radius 2 is 2.00 bits per heavy atom. The number of ether oxygens (including phenoxy) is 2. The minimum atomic E-state index is 0. The molecule has 2 atom stereocenters. The summed E-state index contributed by atoms with van der Waals surface area (Å²) in [7, 11) is 1.67. The second kappa shape index (κ2) is 10.3. The number of hydrogen-bond donors (Lipinski definition) is 1. The van der Waals surface area contributed by atoms with Crippen LogP contribution in [0.15, 0.2) is 54.6 Å². The number of carbonyl (C=O) groups is 1. The second-order valence-electron chi connectivity index (χ2n) is 6.58. The average molecular weight is 391 g/mol. The largest absolute Gasteiger partial charge is 0.497 e. The highest BCUT2D eigenvalue weighted by Crippen LogP contribution is 2.19. The van der Waals surface area contributed by atoms with E-state index >= 15 is 0 Å². The second-order valence-corrected chi connectivity index (χ2v) is 6.58. The lowest BCUT2D eigenvalue weighted by Crippen LogP contribution is -2.53. The number of methoxy groups -OCH3 is 1. The van der Waals surface area contributed by atoms with Gasteiger partial charge in [-0.2, -0.15) is 0 Å². The lowest BCUT2D eigenvalue weighted by molar-refractivity contribution is -0.148. The first-order chi connectivity index (χ1) is 12.7. The highest BCUT2D eigenvalue weighted by molar-refractivity contribution is 5.85. The van der Waals surface area contributed by atoms with Crippen molar-refractivity contribution in [2.45, 2.75) is 25.6 Å². The fraction of sp³-hybridized carbons (Fsp3) is 0.381. The number of rotatable bonds is 7. The fourth-order valence-corrected chi connectivity index (χ4v) is 3.17. The smallest absolute Gasteiger partial charge is 0.249 e. The van der Waals surface area contributed by atoms with E-state index in [2.05, 4.69) is 18.3 Å². The third-order valence-electron chi connectivity index (χ3n) is 4.75. The summed E-state index contributed by atoms with van der Waals surface area (Å²) in [6.45, 7) is 4.12. The molecule has 146 valence electrons. The van der Waals surface area contributed by atoms with Crippen LogP contribution >= 0.6 is 12.4 Å². The molecule has 1 N–H and O–H groups in total. The molecule has 1 aliphatic rings. The maximum absolute atomic E-state index is 12.4. The molecule has 1 heterocycles. The van der Waals surface area contributed by atoms with Gasteiger partial charge in [-0.15, -0.1) is 12.4 Å². The van der Waals surface area contributed by atoms with Gasteiger partial charge in [0.15, 0.2) is 0 Å². The van der Waals surface area contributed by atoms with Crippen molar-refractivity contribution in [2.24, 2.45) is 0 Å². The molecule has 0 radical (unpaired) electrons. The predicted octanol–water partition coefficient (Wildman–Crippen LogP) is 3.20. The molecular weight excluding hydrogens is 364 g/mol. The van der Waals surface area contributed by atoms with E-state index in [0.29, 0.717) is 19.7 Å². The molecule has 0 spiro atoms. The monoisotopic (exact) mass is 390 g/mol. The van der Waals surface area contributed by atoms with Gasteiger partial charge in [0.05, 0.1) is 19.8 Å². The summed E-state index contributed by atoms with van der Waals surface area (Å²) in [6, 6.07) is 18.3. The molecule has 1 fully saturated rings. The van der Waals surface area contributed by atoms with Gasteiger partial charge in [-0.05, 0) is 30.2 Å². The van der Waals surface area contributed by atoms with E-state index in [1.807, 2.05) is 53.4 Å². The molecule has 2 aromatic carbocycles. The Bertz CT molecular complexity index is 726. The number of amides is 1. The normalized spacial score (nSPS) is 17.9. The van der Waals surface area contributed by atoms with Crippen LogP contribution in [-0.2, 0) is 16.1 Å². The molecule has 1 unspecified atom stereocenters. The highest BCUT2D eigenvalue weighted by atomic mass is 35.5. The Labute approximate surface area is 167 Å². The van der Waals surface area contributed by atoms with Gasteiger partial charge < -0.3 is 19.7 Å². The first-order valence-electron chi connectivity index (χ1n) is 8.96. The van der Waals surface area contributed by atoms with Gasteiger partial charge in [-0.3, -0.25) is 4.79 Å². The minimum absolute atomic E-state index is 0. The van der Waals surface area contributed by atoms with Gasteiger partial charge in [0.1, 0.15) is 12.4 Å². The Morgan fingerprint density at radius 3 is 2.74 bits per heavy atom. The van der Waals surface area contributed by atoms with Crippen molar-refractivity contribution >= 4 is 18.3 Å². The first kappa shape index (κ1) is 21.2. The van der Waals surface area contributed by atoms with E-state index in [4.69, 9.17) is 9.47 Å². The summed E-state index contributed by atoms with van der Waals surface area (Å²) in [6.07, 6.45) is 0. The quantitative estimate of drug-likeness (QED) is 0.788. The highest BCUT2D eigenvalue weighted by Gasteiger charge is 2.28. The average Bonchev–Trinajstić information content (AvgIpc) is 2.69. The zero-order chi connectivity index (χ0) is 18.4. The van der Waals surface area contributed by atoms with Crippen molar-refractivity contribution in [3.8, 4) is 5.75 Å². The lowest BCUT2D eigenvalue weighted by atomic mass is 10.1. The summed E-state index contributed by atoms with van der Waals surface area (Å²) in [4.78, 5) is 14.3. The van der Waals surface area contributed by atoms with Gasteiger partial charge >= 0.3 is 0 Å². The Hall–Kier alpha value is -2.08. The number of hydrogen-bond acceptors (Lipinski definition) is 4. The summed E-state index contributed by atoms with van der Waals surface area (Å²) in [5.41, 5.74) is 2.29. The third kappa shape index (κ3) is 5.70. The fourth-order valence-electron chi connectivity index (χ4n) is 3.17. The van der Waals surface area contributed by atoms with Crippen molar-refractivity contribution in [1.29, 1.82) is 0 Å². The molecule has 0 aliphatic carbocycles. The maximum Gasteiger partial charge on any atom is 0.249 e. The number of nitrogens with one attached hydrogen (secondary N) is 1. The van der Waals surface area contributed by atoms with Gasteiger partial charge in [0, 0.05) is 19.1 Å². The molecule has 0 saturated carbocycles. The van der Waals surface area contributed by atoms with Gasteiger partial charge in [0.25, 0.3) is 0 Å². The van der Waals surface area contributed by atoms with Crippen LogP contribution in [0.5, 0.6) is 5.75 Å². The van der Waals surface area contributed by atoms with E-state index in [-0.39, 0.29) is 37.0 Å². The van der Waals surface area contributed by atoms with Gasteiger partial charge in [0.2, 0.25) is 5.91 Å². The molecule has 1 amide bonds. The van der Waals surface area contributed by atoms with Crippen LogP contribution in [0.25, 0.3) is 0 Å². The van der Waals surface area contributed by atoms with E-state index < -0.39 is 0 Å². The van der Waals surface area contributed by atoms with Crippen molar-refractivity contribution < 1.29 is 14.3 Å². The third-order valence-corrected chi connectivity index (χ3v) is 4.75. The number of halogens is 1. The van der Waals surface area contributed by atoms with Gasteiger partial charge in [-0.1, -0.05) is 42.5 Å². The lowest BCUT2D eigenvalue weighted by Gasteiger charge is -2.36. The van der Waals surface area contributed by atoms with E-state index in [1.54, 1.807) is 7.11 Å². The zero-order valence-electron chi connectivity index (χ0n) is 15.8. The minimum Gasteiger partial charge on any atom is -0.497 e. The van der Waals surface area contributed by atoms with E-state index in [9.17, 15) is 4.79 Å². The zero-order valence-corrected chi connectivity index (χ0v) is 16.6. The SMILES string of the molecule is COc1cccc([C@@H](C)NCC2COCC(=O)N2Cc2ccccc2)c1.Cl. The van der Waals surface area contributed by atoms with Gasteiger partial charge in [-0.25, -0.2) is 0 Å². The molecule has 6 heteroatoms. The van der Waals surface area contributed by atoms with E-state index in [1.165, 1.54) is 0 Å². The van der Waals surface area contributed by atoms with Crippen LogP contribution in [0.4, 0.5) is 0 Å². The predicted molar refractivity (Wildman–Crippen MR) is 108 cm³/mol. The number of carbonyl (C=O) groups excluding carboxylic acids is 1. The molecule has 0 bridgehead atoms. The summed E-state index contributed by atoms with van der Waals surface area (Å²) < 4.78 is 10.8. The first-order valence-corrected chi connectivity index (χ1v) is 8.96. The molecule has 0 aromatic heterocycles. The summed E-state index contributed by atoms with van der Waals surface area (Å²) in [5.74, 6) is 0.888. The summed E-state index contributed by atoms with van der Waals surface area (Å²) >= 11 is 0. The number of nitrogens with zero attached hydrogens (tertiary/aromatic N) is 1. The van der Waals surface area contributed by atoms with Crippen LogP contribution in [-0.4, -0.2) is 43.7 Å². The van der Waals surface area contributed by atoms with Crippen LogP contribution in [0, 0.1) is 0 Å². The van der Waals surface area contributed by atoms with Crippen LogP contribution in [0.2, 0.25) is 0 Å². The Balaban J connectivity index is 0.00000261. The summed E-state index contributed by atoms with van der Waals surface area (Å²) in [5, 5.41) is 3.53. The van der Waals surface area contributed by atoms with Crippen molar-refractivity contribution in [3.63, 3.8) is 0 Å². The van der Waals surface area contributed by atoms with E-state index in [0.717, 1.165) is 16.9 Å². The van der Waals surface area contributed by atoms with Crippen molar-refractivity contribution in [2.75, 3.05) is 26.9 Å². The number of benzene rings is 2. The Morgan fingerprint density at radius 1 is 1.22 bits per heavy atom. The van der Waals surface area contributed by atoms with Crippen LogP contribution in [0.1, 0.15) is 24.1 Å². The molecule has 1 saturated heterocycles. The van der Waals surface area contributed by atoms with Crippen LogP contribution < -0.4 is 10.1 Å². The topological polar surface area (TPSA) is 50.8 Å². The maximum atomic E-state index is 12.4. The van der Waals surface area contributed by atoms with Crippen LogP contribution in [0.3, 0.4) is 0 Å². The molecule has 1 aliphatic heterocycles. The molecule has 2 aromatic rings. The molecule has 5 nitrogen and oxygen atoms in total. The standard InChI is InChI=1S/C21H26N2O3.ClH/c1-16(18-9-6-10-20(11-18)25-2)22-12-19-14-26-15-21(24)23(19)13-17-7-4-3-5-8-17;/h3-11,16,19,22H,12-15H2,1-2H3;1H/t16-,19?;/m1./s1. The van der Waals surface area contributed by atoms with Crippen molar-refractivity contribution in [1.82, 2.24) is 10.2 Å².